The van der Waals surface area contributed by atoms with Gasteiger partial charge in [0.05, 0.1) is 6.61 Å². The number of benzene rings is 1. The summed E-state index contributed by atoms with van der Waals surface area (Å²) in [6.07, 6.45) is 0.459. The van der Waals surface area contributed by atoms with Crippen LogP contribution in [0, 0.1) is 0 Å². The minimum atomic E-state index is -1.51. The van der Waals surface area contributed by atoms with Crippen LogP contribution < -0.4 is 4.74 Å². The lowest BCUT2D eigenvalue weighted by atomic mass is 9.95. The van der Waals surface area contributed by atoms with Crippen LogP contribution in [0.25, 0.3) is 0 Å². The second kappa shape index (κ2) is 9.05. The summed E-state index contributed by atoms with van der Waals surface area (Å²) in [5.74, 6) is -0.769. The predicted molar refractivity (Wildman–Crippen MR) is 102 cm³/mol. The third-order valence-electron chi connectivity index (χ3n) is 4.00. The number of aliphatic hydroxyl groups is 1. The first-order valence-electron chi connectivity index (χ1n) is 9.17. The zero-order valence-electron chi connectivity index (χ0n) is 16.4. The second-order valence-electron chi connectivity index (χ2n) is 7.58. The summed E-state index contributed by atoms with van der Waals surface area (Å²) in [5, 5.41) is 18.4. The summed E-state index contributed by atoms with van der Waals surface area (Å²) >= 11 is 0. The van der Waals surface area contributed by atoms with Crippen molar-refractivity contribution in [1.82, 2.24) is 0 Å². The molecule has 1 aromatic carbocycles. The van der Waals surface area contributed by atoms with Gasteiger partial charge in [0, 0.05) is 25.0 Å². The zero-order valence-corrected chi connectivity index (χ0v) is 16.4. The first-order chi connectivity index (χ1) is 13.1. The lowest BCUT2D eigenvalue weighted by molar-refractivity contribution is -0.155. The molecule has 2 N–H and O–H groups in total. The molecule has 0 aromatic heterocycles. The van der Waals surface area contributed by atoms with E-state index in [4.69, 9.17) is 19.3 Å². The van der Waals surface area contributed by atoms with Crippen molar-refractivity contribution >= 4 is 17.8 Å². The number of carboxylic acids is 1. The van der Waals surface area contributed by atoms with Crippen molar-refractivity contribution in [2.45, 2.75) is 51.2 Å². The number of carboxylic acid groups (broad SMARTS) is 1. The van der Waals surface area contributed by atoms with Crippen molar-refractivity contribution < 1.29 is 34.0 Å². The minimum absolute atomic E-state index is 0.0108. The van der Waals surface area contributed by atoms with Gasteiger partial charge < -0.3 is 24.4 Å². The van der Waals surface area contributed by atoms with E-state index < -0.39 is 23.1 Å². The molecule has 2 rings (SSSR count). The zero-order chi connectivity index (χ0) is 20.8. The van der Waals surface area contributed by atoms with E-state index in [0.717, 1.165) is 0 Å². The van der Waals surface area contributed by atoms with E-state index in [1.54, 1.807) is 45.0 Å². The predicted octanol–water partition coefficient (Wildman–Crippen LogP) is 2.17. The van der Waals surface area contributed by atoms with Crippen LogP contribution in [0.4, 0.5) is 0 Å². The standard InChI is InChI=1S/C20H27NO7/c1-19(2,3)28-16(23)9-10-20(18(24)25)13-27-17(21-20)14-5-7-15(8-6-14)26-12-4-11-22/h5-8,22H,4,9-13H2,1-3H3,(H,24,25)/t20-/m1/s1. The fraction of sp³-hybridized carbons (Fsp3) is 0.550. The van der Waals surface area contributed by atoms with Crippen molar-refractivity contribution in [2.24, 2.45) is 4.99 Å². The molecule has 8 heteroatoms. The lowest BCUT2D eigenvalue weighted by Gasteiger charge is -2.22. The van der Waals surface area contributed by atoms with Crippen molar-refractivity contribution in [3.8, 4) is 5.75 Å². The van der Waals surface area contributed by atoms with Crippen LogP contribution in [-0.4, -0.2) is 59.0 Å². The molecule has 0 bridgehead atoms. The van der Waals surface area contributed by atoms with Gasteiger partial charge in [0.1, 0.15) is 18.0 Å². The Kier molecular flexibility index (Phi) is 7.01. The second-order valence-corrected chi connectivity index (χ2v) is 7.58. The number of aliphatic hydroxyl groups excluding tert-OH is 1. The van der Waals surface area contributed by atoms with Crippen LogP contribution in [0.5, 0.6) is 5.75 Å². The number of esters is 1. The van der Waals surface area contributed by atoms with E-state index in [1.807, 2.05) is 0 Å². The topological polar surface area (TPSA) is 115 Å². The van der Waals surface area contributed by atoms with E-state index in [0.29, 0.717) is 24.3 Å². The normalized spacial score (nSPS) is 18.9. The van der Waals surface area contributed by atoms with Gasteiger partial charge in [0.15, 0.2) is 5.54 Å². The van der Waals surface area contributed by atoms with Gasteiger partial charge in [-0.25, -0.2) is 9.79 Å². The molecular weight excluding hydrogens is 366 g/mol. The van der Waals surface area contributed by atoms with Gasteiger partial charge in [0.2, 0.25) is 5.90 Å². The number of nitrogens with zero attached hydrogens (tertiary/aromatic N) is 1. The molecule has 0 saturated carbocycles. The molecule has 1 atom stereocenters. The Bertz CT molecular complexity index is 721. The van der Waals surface area contributed by atoms with Gasteiger partial charge in [-0.1, -0.05) is 0 Å². The van der Waals surface area contributed by atoms with Gasteiger partial charge in [-0.05, 0) is 51.5 Å². The highest BCUT2D eigenvalue weighted by Gasteiger charge is 2.45. The SMILES string of the molecule is CC(C)(C)OC(=O)CC[C@]1(C(=O)O)COC(c2ccc(OCCCO)cc2)=N1. The van der Waals surface area contributed by atoms with E-state index in [1.165, 1.54) is 0 Å². The highest BCUT2D eigenvalue weighted by molar-refractivity contribution is 5.99. The number of rotatable bonds is 9. The van der Waals surface area contributed by atoms with Crippen LogP contribution in [0.2, 0.25) is 0 Å². The Balaban J connectivity index is 2.06. The minimum Gasteiger partial charge on any atom is -0.494 e. The molecule has 0 amide bonds. The Morgan fingerprint density at radius 2 is 1.93 bits per heavy atom. The van der Waals surface area contributed by atoms with E-state index >= 15 is 0 Å². The molecule has 0 unspecified atom stereocenters. The van der Waals surface area contributed by atoms with Gasteiger partial charge >= 0.3 is 11.9 Å². The number of carbonyl (C=O) groups is 2. The summed E-state index contributed by atoms with van der Waals surface area (Å²) < 4.78 is 16.2. The highest BCUT2D eigenvalue weighted by Crippen LogP contribution is 2.28. The molecule has 0 fully saturated rings. The fourth-order valence-corrected chi connectivity index (χ4v) is 2.59. The Morgan fingerprint density at radius 3 is 2.50 bits per heavy atom. The Hall–Kier alpha value is -2.61. The summed E-state index contributed by atoms with van der Waals surface area (Å²) in [6.45, 7) is 5.58. The monoisotopic (exact) mass is 393 g/mol. The number of hydrogen-bond donors (Lipinski definition) is 2. The number of ether oxygens (including phenoxy) is 3. The molecule has 0 aliphatic carbocycles. The molecule has 154 valence electrons. The maximum absolute atomic E-state index is 11.9. The maximum atomic E-state index is 11.9. The van der Waals surface area contributed by atoms with Gasteiger partial charge in [-0.2, -0.15) is 0 Å². The first kappa shape index (κ1) is 21.7. The van der Waals surface area contributed by atoms with Gasteiger partial charge in [-0.15, -0.1) is 0 Å². The van der Waals surface area contributed by atoms with Crippen molar-refractivity contribution in [2.75, 3.05) is 19.8 Å². The van der Waals surface area contributed by atoms with Crippen molar-refractivity contribution in [3.05, 3.63) is 29.8 Å². The summed E-state index contributed by atoms with van der Waals surface area (Å²) in [5.41, 5.74) is -1.52. The number of carbonyl (C=O) groups excluding carboxylic acids is 1. The summed E-state index contributed by atoms with van der Waals surface area (Å²) in [6, 6.07) is 6.89. The molecular formula is C20H27NO7. The van der Waals surface area contributed by atoms with Gasteiger partial charge in [0.25, 0.3) is 0 Å². The maximum Gasteiger partial charge on any atom is 0.335 e. The molecule has 8 nitrogen and oxygen atoms in total. The average molecular weight is 393 g/mol. The fourth-order valence-electron chi connectivity index (χ4n) is 2.59. The molecule has 0 saturated heterocycles. The summed E-state index contributed by atoms with van der Waals surface area (Å²) in [4.78, 5) is 28.0. The largest absolute Gasteiger partial charge is 0.494 e. The molecule has 1 heterocycles. The van der Waals surface area contributed by atoms with Crippen LogP contribution in [0.15, 0.2) is 29.3 Å². The quantitative estimate of drug-likeness (QED) is 0.488. The molecule has 0 radical (unpaired) electrons. The van der Waals surface area contributed by atoms with E-state index in [-0.39, 0.29) is 32.0 Å². The van der Waals surface area contributed by atoms with Crippen LogP contribution in [-0.2, 0) is 19.1 Å². The highest BCUT2D eigenvalue weighted by atomic mass is 16.6. The first-order valence-corrected chi connectivity index (χ1v) is 9.17. The third kappa shape index (κ3) is 5.95. The molecule has 28 heavy (non-hydrogen) atoms. The van der Waals surface area contributed by atoms with Crippen LogP contribution in [0.1, 0.15) is 45.6 Å². The number of hydrogen-bond acceptors (Lipinski definition) is 7. The Labute approximate surface area is 164 Å². The van der Waals surface area contributed by atoms with E-state index in [2.05, 4.69) is 4.99 Å². The summed E-state index contributed by atoms with van der Waals surface area (Å²) in [7, 11) is 0. The van der Waals surface area contributed by atoms with Crippen LogP contribution in [0.3, 0.4) is 0 Å². The average Bonchev–Trinajstić information content (AvgIpc) is 3.05. The molecule has 0 spiro atoms. The van der Waals surface area contributed by atoms with Crippen molar-refractivity contribution in [3.63, 3.8) is 0 Å². The van der Waals surface area contributed by atoms with Crippen LogP contribution >= 0.6 is 0 Å². The molecule has 1 aliphatic rings. The van der Waals surface area contributed by atoms with E-state index in [9.17, 15) is 14.7 Å². The molecule has 1 aromatic rings. The smallest absolute Gasteiger partial charge is 0.335 e. The third-order valence-corrected chi connectivity index (χ3v) is 4.00. The van der Waals surface area contributed by atoms with Crippen molar-refractivity contribution in [1.29, 1.82) is 0 Å². The van der Waals surface area contributed by atoms with Gasteiger partial charge in [-0.3, -0.25) is 4.79 Å². The lowest BCUT2D eigenvalue weighted by Crippen LogP contribution is -2.39. The number of aliphatic carboxylic acids is 1. The Morgan fingerprint density at radius 1 is 1.25 bits per heavy atom. The number of aliphatic imine (C=N–C) groups is 1. The molecule has 1 aliphatic heterocycles.